The zero-order chi connectivity index (χ0) is 14.9. The lowest BCUT2D eigenvalue weighted by molar-refractivity contribution is 0.511. The molecule has 0 atom stereocenters. The summed E-state index contributed by atoms with van der Waals surface area (Å²) >= 11 is 4.99. The van der Waals surface area contributed by atoms with Crippen molar-refractivity contribution in [2.75, 3.05) is 5.32 Å². The minimum atomic E-state index is -0.970. The molecule has 0 saturated carbocycles. The van der Waals surface area contributed by atoms with E-state index in [1.165, 1.54) is 12.1 Å². The Hall–Kier alpha value is -2.08. The van der Waals surface area contributed by atoms with Crippen molar-refractivity contribution in [3.63, 3.8) is 0 Å². The molecular weight excluding hydrogens is 280 g/mol. The monoisotopic (exact) mass is 293 g/mol. The highest BCUT2D eigenvalue weighted by Crippen LogP contribution is 2.25. The SMILES string of the molecule is Cc1cc(C)c(C(N)=S)c(Nc2cccc(F)c2F)n1. The maximum atomic E-state index is 13.7. The van der Waals surface area contributed by atoms with Crippen molar-refractivity contribution < 1.29 is 8.78 Å². The van der Waals surface area contributed by atoms with E-state index in [2.05, 4.69) is 10.3 Å². The number of benzene rings is 1. The topological polar surface area (TPSA) is 50.9 Å². The molecule has 0 bridgehead atoms. The van der Waals surface area contributed by atoms with Gasteiger partial charge in [0.2, 0.25) is 0 Å². The van der Waals surface area contributed by atoms with Crippen molar-refractivity contribution in [3.05, 3.63) is 52.7 Å². The van der Waals surface area contributed by atoms with Gasteiger partial charge in [0, 0.05) is 5.69 Å². The van der Waals surface area contributed by atoms with Crippen molar-refractivity contribution in [1.29, 1.82) is 0 Å². The summed E-state index contributed by atoms with van der Waals surface area (Å²) < 4.78 is 26.9. The predicted molar refractivity (Wildman–Crippen MR) is 79.2 cm³/mol. The van der Waals surface area contributed by atoms with Crippen LogP contribution in [0.2, 0.25) is 0 Å². The smallest absolute Gasteiger partial charge is 0.182 e. The van der Waals surface area contributed by atoms with E-state index in [-0.39, 0.29) is 10.7 Å². The Morgan fingerprint density at radius 1 is 1.30 bits per heavy atom. The lowest BCUT2D eigenvalue weighted by atomic mass is 10.1. The average Bonchev–Trinajstić information content (AvgIpc) is 2.33. The lowest BCUT2D eigenvalue weighted by Gasteiger charge is -2.14. The number of rotatable bonds is 3. The van der Waals surface area contributed by atoms with Crippen molar-refractivity contribution in [3.8, 4) is 0 Å². The summed E-state index contributed by atoms with van der Waals surface area (Å²) in [4.78, 5) is 4.40. The molecule has 104 valence electrons. The molecule has 3 N–H and O–H groups in total. The first-order chi connectivity index (χ1) is 9.40. The average molecular weight is 293 g/mol. The van der Waals surface area contributed by atoms with Crippen LogP contribution >= 0.6 is 12.2 Å². The van der Waals surface area contributed by atoms with E-state index in [0.29, 0.717) is 11.4 Å². The van der Waals surface area contributed by atoms with Crippen LogP contribution in [-0.4, -0.2) is 9.97 Å². The molecule has 1 aromatic carbocycles. The molecule has 0 aliphatic carbocycles. The molecule has 6 heteroatoms. The summed E-state index contributed by atoms with van der Waals surface area (Å²) in [7, 11) is 0. The van der Waals surface area contributed by atoms with Gasteiger partial charge in [-0.3, -0.25) is 0 Å². The van der Waals surface area contributed by atoms with Gasteiger partial charge in [-0.15, -0.1) is 0 Å². The summed E-state index contributed by atoms with van der Waals surface area (Å²) in [6.45, 7) is 3.62. The second-order valence-electron chi connectivity index (χ2n) is 4.39. The van der Waals surface area contributed by atoms with E-state index in [9.17, 15) is 8.78 Å². The van der Waals surface area contributed by atoms with Gasteiger partial charge in [0.15, 0.2) is 11.6 Å². The fourth-order valence-electron chi connectivity index (χ4n) is 1.97. The third-order valence-corrected chi connectivity index (χ3v) is 3.00. The van der Waals surface area contributed by atoms with Crippen molar-refractivity contribution in [2.45, 2.75) is 13.8 Å². The van der Waals surface area contributed by atoms with E-state index in [0.717, 1.165) is 17.3 Å². The lowest BCUT2D eigenvalue weighted by Crippen LogP contribution is -2.15. The van der Waals surface area contributed by atoms with Gasteiger partial charge in [0.25, 0.3) is 0 Å². The zero-order valence-electron chi connectivity index (χ0n) is 11.0. The number of pyridine rings is 1. The third kappa shape index (κ3) is 2.75. The van der Waals surface area contributed by atoms with E-state index < -0.39 is 11.6 Å². The van der Waals surface area contributed by atoms with Gasteiger partial charge in [0.05, 0.1) is 11.3 Å². The summed E-state index contributed by atoms with van der Waals surface area (Å²) in [5.41, 5.74) is 7.73. The number of anilines is 2. The molecule has 2 aromatic rings. The molecule has 0 radical (unpaired) electrons. The second kappa shape index (κ2) is 5.50. The highest BCUT2D eigenvalue weighted by Gasteiger charge is 2.14. The van der Waals surface area contributed by atoms with Crippen LogP contribution in [-0.2, 0) is 0 Å². The van der Waals surface area contributed by atoms with Gasteiger partial charge in [-0.1, -0.05) is 18.3 Å². The molecule has 0 unspecified atom stereocenters. The highest BCUT2D eigenvalue weighted by molar-refractivity contribution is 7.80. The molecule has 0 amide bonds. The first kappa shape index (κ1) is 14.3. The Morgan fingerprint density at radius 2 is 2.00 bits per heavy atom. The Labute approximate surface area is 120 Å². The van der Waals surface area contributed by atoms with Crippen LogP contribution in [0.15, 0.2) is 24.3 Å². The van der Waals surface area contributed by atoms with Crippen molar-refractivity contribution >= 4 is 28.7 Å². The van der Waals surface area contributed by atoms with Gasteiger partial charge in [-0.25, -0.2) is 13.8 Å². The molecule has 3 nitrogen and oxygen atoms in total. The van der Waals surface area contributed by atoms with E-state index >= 15 is 0 Å². The number of nitrogens with two attached hydrogens (primary N) is 1. The Morgan fingerprint density at radius 3 is 2.65 bits per heavy atom. The van der Waals surface area contributed by atoms with Crippen LogP contribution < -0.4 is 11.1 Å². The molecule has 0 fully saturated rings. The Balaban J connectivity index is 2.53. The predicted octanol–water partition coefficient (Wildman–Crippen LogP) is 3.35. The number of aromatic nitrogens is 1. The van der Waals surface area contributed by atoms with Gasteiger partial charge in [-0.2, -0.15) is 0 Å². The van der Waals surface area contributed by atoms with Gasteiger partial charge in [-0.05, 0) is 37.6 Å². The van der Waals surface area contributed by atoms with Crippen molar-refractivity contribution in [1.82, 2.24) is 4.98 Å². The molecule has 0 aliphatic heterocycles. The Kier molecular flexibility index (Phi) is 3.94. The fourth-order valence-corrected chi connectivity index (χ4v) is 2.22. The largest absolute Gasteiger partial charge is 0.389 e. The molecule has 0 spiro atoms. The van der Waals surface area contributed by atoms with Gasteiger partial charge in [0.1, 0.15) is 10.8 Å². The number of aryl methyl sites for hydroxylation is 2. The van der Waals surface area contributed by atoms with Crippen molar-refractivity contribution in [2.24, 2.45) is 5.73 Å². The first-order valence-electron chi connectivity index (χ1n) is 5.89. The molecule has 1 heterocycles. The molecular formula is C14H13F2N3S. The minimum absolute atomic E-state index is 0.0139. The quantitative estimate of drug-likeness (QED) is 0.852. The minimum Gasteiger partial charge on any atom is -0.389 e. The van der Waals surface area contributed by atoms with Crippen LogP contribution in [0.1, 0.15) is 16.8 Å². The molecule has 0 saturated heterocycles. The molecule has 2 rings (SSSR count). The fraction of sp³-hybridized carbons (Fsp3) is 0.143. The summed E-state index contributed by atoms with van der Waals surface area (Å²) in [5.74, 6) is -1.59. The number of halogens is 2. The van der Waals surface area contributed by atoms with Crippen LogP contribution in [0.4, 0.5) is 20.3 Å². The second-order valence-corrected chi connectivity index (χ2v) is 4.83. The number of hydrogen-bond donors (Lipinski definition) is 2. The summed E-state index contributed by atoms with van der Waals surface area (Å²) in [6, 6.07) is 5.69. The normalized spacial score (nSPS) is 10.4. The summed E-state index contributed by atoms with van der Waals surface area (Å²) in [5, 5.41) is 2.75. The van der Waals surface area contributed by atoms with E-state index in [4.69, 9.17) is 18.0 Å². The third-order valence-electron chi connectivity index (χ3n) is 2.80. The van der Waals surface area contributed by atoms with Crippen LogP contribution in [0.3, 0.4) is 0 Å². The highest BCUT2D eigenvalue weighted by atomic mass is 32.1. The zero-order valence-corrected chi connectivity index (χ0v) is 11.8. The number of nitrogens with zero attached hydrogens (tertiary/aromatic N) is 1. The number of thiocarbonyl (C=S) groups is 1. The molecule has 1 aromatic heterocycles. The van der Waals surface area contributed by atoms with Crippen LogP contribution in [0.25, 0.3) is 0 Å². The van der Waals surface area contributed by atoms with Crippen LogP contribution in [0, 0.1) is 25.5 Å². The maximum Gasteiger partial charge on any atom is 0.182 e. The first-order valence-corrected chi connectivity index (χ1v) is 6.30. The van der Waals surface area contributed by atoms with E-state index in [1.54, 1.807) is 6.92 Å². The van der Waals surface area contributed by atoms with E-state index in [1.807, 2.05) is 13.0 Å². The number of nitrogens with one attached hydrogen (secondary N) is 1. The number of hydrogen-bond acceptors (Lipinski definition) is 3. The molecule has 20 heavy (non-hydrogen) atoms. The van der Waals surface area contributed by atoms with Gasteiger partial charge >= 0.3 is 0 Å². The maximum absolute atomic E-state index is 13.7. The standard InChI is InChI=1S/C14H13F2N3S/c1-7-6-8(2)18-14(11(7)13(17)20)19-10-5-3-4-9(15)12(10)16/h3-6H,1-2H3,(H2,17,20)(H,18,19). The summed E-state index contributed by atoms with van der Waals surface area (Å²) in [6.07, 6.45) is 0. The van der Waals surface area contributed by atoms with Crippen LogP contribution in [0.5, 0.6) is 0 Å². The Bertz CT molecular complexity index is 686. The molecule has 0 aliphatic rings. The van der Waals surface area contributed by atoms with Gasteiger partial charge < -0.3 is 11.1 Å².